The first kappa shape index (κ1) is 28.3. The number of Topliss-reactive ketones (excluding diaryl/α,β-unsaturated/α-hetero) is 1. The van der Waals surface area contributed by atoms with E-state index in [1.165, 1.54) is 6.07 Å². The summed E-state index contributed by atoms with van der Waals surface area (Å²) in [5.74, 6) is -0.949. The van der Waals surface area contributed by atoms with Gasteiger partial charge in [0.1, 0.15) is 5.58 Å². The Bertz CT molecular complexity index is 2100. The molecule has 0 bridgehead atoms. The normalized spacial score (nSPS) is 13.1. The Morgan fingerprint density at radius 3 is 2.16 bits per heavy atom. The summed E-state index contributed by atoms with van der Waals surface area (Å²) in [4.78, 5) is 26.8. The van der Waals surface area contributed by atoms with E-state index in [2.05, 4.69) is 4.72 Å². The number of carbonyl (C=O) groups is 1. The van der Waals surface area contributed by atoms with Crippen LogP contribution < -0.4 is 10.3 Å². The minimum absolute atomic E-state index is 0.0677. The number of sulfonamides is 1. The maximum atomic E-state index is 14.0. The van der Waals surface area contributed by atoms with Crippen molar-refractivity contribution in [3.63, 3.8) is 0 Å². The van der Waals surface area contributed by atoms with Crippen LogP contribution in [0.25, 0.3) is 21.7 Å². The summed E-state index contributed by atoms with van der Waals surface area (Å²) in [5.41, 5.74) is 2.43. The van der Waals surface area contributed by atoms with Crippen molar-refractivity contribution in [3.05, 3.63) is 160 Å². The van der Waals surface area contributed by atoms with Gasteiger partial charge < -0.3 is 4.42 Å². The fourth-order valence-corrected chi connectivity index (χ4v) is 6.89. The van der Waals surface area contributed by atoms with Crippen LogP contribution in [0.5, 0.6) is 0 Å². The second kappa shape index (κ2) is 11.8. The van der Waals surface area contributed by atoms with Crippen LogP contribution in [0.3, 0.4) is 0 Å². The Morgan fingerprint density at radius 1 is 0.744 bits per heavy atom. The molecule has 7 heteroatoms. The summed E-state index contributed by atoms with van der Waals surface area (Å²) >= 11 is 0. The molecule has 0 spiro atoms. The Morgan fingerprint density at radius 2 is 1.40 bits per heavy atom. The zero-order valence-electron chi connectivity index (χ0n) is 23.4. The van der Waals surface area contributed by atoms with Gasteiger partial charge in [-0.1, -0.05) is 109 Å². The molecule has 6 nitrogen and oxygen atoms in total. The van der Waals surface area contributed by atoms with E-state index in [4.69, 9.17) is 4.42 Å². The zero-order chi connectivity index (χ0) is 30.0. The van der Waals surface area contributed by atoms with Gasteiger partial charge >= 0.3 is 5.63 Å². The standard InChI is InChI=1S/C36H29NO5S/c1-24-18-20-27(21-19-24)43(40,41)37-36(30-16-9-13-25-10-5-6-14-28(25)30)32(22-33(38)26-11-3-2-4-12-26)31-23-35(39)42-34-17-8-7-15-29(31)34/h2-21,23,32,36-37H,22H2,1H3/t32-,36+/m1/s1. The maximum absolute atomic E-state index is 14.0. The van der Waals surface area contributed by atoms with Crippen molar-refractivity contribution in [2.24, 2.45) is 0 Å². The minimum atomic E-state index is -4.07. The minimum Gasteiger partial charge on any atom is -0.423 e. The molecule has 5 aromatic carbocycles. The molecule has 0 unspecified atom stereocenters. The van der Waals surface area contributed by atoms with Gasteiger partial charge in [-0.25, -0.2) is 17.9 Å². The SMILES string of the molecule is Cc1ccc(S(=O)(=O)N[C@@H](c2cccc3ccccc23)[C@H](CC(=O)c2ccccc2)c2cc(=O)oc3ccccc23)cc1. The van der Waals surface area contributed by atoms with Crippen molar-refractivity contribution in [3.8, 4) is 0 Å². The van der Waals surface area contributed by atoms with Gasteiger partial charge in [-0.05, 0) is 47.0 Å². The number of nitrogens with one attached hydrogen (secondary N) is 1. The van der Waals surface area contributed by atoms with Crippen LogP contribution in [0.1, 0.15) is 45.4 Å². The van der Waals surface area contributed by atoms with Crippen LogP contribution in [0.4, 0.5) is 0 Å². The van der Waals surface area contributed by atoms with E-state index in [0.29, 0.717) is 27.7 Å². The molecule has 6 aromatic rings. The lowest BCUT2D eigenvalue weighted by Gasteiger charge is -2.30. The van der Waals surface area contributed by atoms with Gasteiger partial charge in [0.15, 0.2) is 5.78 Å². The van der Waals surface area contributed by atoms with Gasteiger partial charge in [-0.2, -0.15) is 0 Å². The van der Waals surface area contributed by atoms with Crippen LogP contribution in [-0.2, 0) is 10.0 Å². The molecule has 2 atom stereocenters. The maximum Gasteiger partial charge on any atom is 0.336 e. The van der Waals surface area contributed by atoms with Crippen molar-refractivity contribution < 1.29 is 17.6 Å². The third-order valence-electron chi connectivity index (χ3n) is 7.76. The van der Waals surface area contributed by atoms with Gasteiger partial charge in [0.2, 0.25) is 10.0 Å². The van der Waals surface area contributed by atoms with Crippen molar-refractivity contribution >= 4 is 37.5 Å². The first-order valence-electron chi connectivity index (χ1n) is 14.0. The summed E-state index contributed by atoms with van der Waals surface area (Å²) in [5, 5.41) is 2.39. The number of hydrogen-bond donors (Lipinski definition) is 1. The molecule has 0 saturated heterocycles. The summed E-state index contributed by atoms with van der Waals surface area (Å²) in [6, 6.07) is 36.5. The highest BCUT2D eigenvalue weighted by molar-refractivity contribution is 7.89. The molecule has 0 aliphatic carbocycles. The Labute approximate surface area is 249 Å². The van der Waals surface area contributed by atoms with Crippen molar-refractivity contribution in [1.82, 2.24) is 4.72 Å². The van der Waals surface area contributed by atoms with Crippen molar-refractivity contribution in [2.45, 2.75) is 30.2 Å². The predicted molar refractivity (Wildman–Crippen MR) is 169 cm³/mol. The molecule has 0 aliphatic rings. The van der Waals surface area contributed by atoms with Gasteiger partial charge in [0, 0.05) is 29.4 Å². The number of carbonyl (C=O) groups excluding carboxylic acids is 1. The van der Waals surface area contributed by atoms with E-state index >= 15 is 0 Å². The Kier molecular flexibility index (Phi) is 7.76. The van der Waals surface area contributed by atoms with Gasteiger partial charge in [-0.3, -0.25) is 4.79 Å². The highest BCUT2D eigenvalue weighted by Crippen LogP contribution is 2.41. The molecule has 6 rings (SSSR count). The summed E-state index contributed by atoms with van der Waals surface area (Å²) in [6.07, 6.45) is -0.0677. The molecule has 0 saturated carbocycles. The van der Waals surface area contributed by atoms with E-state index in [0.717, 1.165) is 16.3 Å². The average Bonchev–Trinajstić information content (AvgIpc) is 3.02. The predicted octanol–water partition coefficient (Wildman–Crippen LogP) is 7.33. The zero-order valence-corrected chi connectivity index (χ0v) is 24.3. The smallest absolute Gasteiger partial charge is 0.336 e. The molecule has 1 N–H and O–H groups in total. The molecule has 1 aromatic heterocycles. The van der Waals surface area contributed by atoms with Gasteiger partial charge in [-0.15, -0.1) is 0 Å². The number of fused-ring (bicyclic) bond motifs is 2. The average molecular weight is 588 g/mol. The number of para-hydroxylation sites is 1. The lowest BCUT2D eigenvalue weighted by molar-refractivity contribution is 0.0968. The van der Waals surface area contributed by atoms with Crippen LogP contribution in [-0.4, -0.2) is 14.2 Å². The van der Waals surface area contributed by atoms with Gasteiger partial charge in [0.25, 0.3) is 0 Å². The highest BCUT2D eigenvalue weighted by atomic mass is 32.2. The van der Waals surface area contributed by atoms with Crippen LogP contribution in [0.15, 0.2) is 142 Å². The molecule has 1 heterocycles. The number of benzene rings is 5. The van der Waals surface area contributed by atoms with E-state index in [1.807, 2.05) is 67.6 Å². The second-order valence-electron chi connectivity index (χ2n) is 10.6. The molecule has 0 fully saturated rings. The van der Waals surface area contributed by atoms with E-state index in [9.17, 15) is 18.0 Å². The topological polar surface area (TPSA) is 93.5 Å². The molecular formula is C36H29NO5S. The molecule has 214 valence electrons. The lowest BCUT2D eigenvalue weighted by atomic mass is 9.80. The molecular weight excluding hydrogens is 558 g/mol. The largest absolute Gasteiger partial charge is 0.423 e. The second-order valence-corrected chi connectivity index (χ2v) is 12.3. The first-order valence-corrected chi connectivity index (χ1v) is 15.5. The highest BCUT2D eigenvalue weighted by Gasteiger charge is 2.34. The number of ketones is 1. The summed E-state index contributed by atoms with van der Waals surface area (Å²) < 4.78 is 36.5. The summed E-state index contributed by atoms with van der Waals surface area (Å²) in [6.45, 7) is 1.89. The third-order valence-corrected chi connectivity index (χ3v) is 9.21. The van der Waals surface area contributed by atoms with E-state index < -0.39 is 27.6 Å². The van der Waals surface area contributed by atoms with Crippen LogP contribution >= 0.6 is 0 Å². The van der Waals surface area contributed by atoms with Crippen LogP contribution in [0.2, 0.25) is 0 Å². The lowest BCUT2D eigenvalue weighted by Crippen LogP contribution is -2.34. The Balaban J connectivity index is 1.60. The van der Waals surface area contributed by atoms with E-state index in [1.54, 1.807) is 60.7 Å². The molecule has 43 heavy (non-hydrogen) atoms. The fraction of sp³-hybridized carbons (Fsp3) is 0.111. The van der Waals surface area contributed by atoms with Crippen molar-refractivity contribution in [1.29, 1.82) is 0 Å². The fourth-order valence-electron chi connectivity index (χ4n) is 5.63. The quantitative estimate of drug-likeness (QED) is 0.141. The molecule has 0 amide bonds. The van der Waals surface area contributed by atoms with E-state index in [-0.39, 0.29) is 17.1 Å². The molecule has 0 radical (unpaired) electrons. The summed E-state index contributed by atoms with van der Waals surface area (Å²) in [7, 11) is -4.07. The molecule has 0 aliphatic heterocycles. The Hall–Kier alpha value is -4.85. The van der Waals surface area contributed by atoms with Gasteiger partial charge in [0.05, 0.1) is 10.9 Å². The number of rotatable bonds is 9. The third kappa shape index (κ3) is 5.91. The first-order chi connectivity index (χ1) is 20.8. The van der Waals surface area contributed by atoms with Crippen molar-refractivity contribution in [2.75, 3.05) is 0 Å². The number of aryl methyl sites for hydroxylation is 1. The monoisotopic (exact) mass is 587 g/mol. The van der Waals surface area contributed by atoms with Crippen LogP contribution in [0, 0.1) is 6.92 Å². The number of hydrogen-bond acceptors (Lipinski definition) is 5.